The normalized spacial score (nSPS) is 19.5. The van der Waals surface area contributed by atoms with Crippen molar-refractivity contribution in [3.63, 3.8) is 0 Å². The molecular weight excluding hydrogens is 250 g/mol. The summed E-state index contributed by atoms with van der Waals surface area (Å²) in [5, 5.41) is 12.7. The van der Waals surface area contributed by atoms with Crippen molar-refractivity contribution in [1.29, 1.82) is 0 Å². The molecule has 2 rings (SSSR count). The molecule has 1 aromatic rings. The Morgan fingerprint density at radius 2 is 1.85 bits per heavy atom. The topological polar surface area (TPSA) is 48.0 Å². The second-order valence-corrected chi connectivity index (χ2v) is 7.06. The van der Waals surface area contributed by atoms with Crippen molar-refractivity contribution in [2.45, 2.75) is 71.9 Å². The molecule has 0 aromatic carbocycles. The molecule has 1 aliphatic rings. The molecule has 0 unspecified atom stereocenters. The van der Waals surface area contributed by atoms with Crippen LogP contribution in [0.3, 0.4) is 0 Å². The highest BCUT2D eigenvalue weighted by molar-refractivity contribution is 4.94. The summed E-state index contributed by atoms with van der Waals surface area (Å²) in [6.45, 7) is 13.7. The maximum Gasteiger partial charge on any atom is 0.210 e. The van der Waals surface area contributed by atoms with E-state index in [1.54, 1.807) is 4.90 Å². The minimum Gasteiger partial charge on any atom is -0.326 e. The van der Waals surface area contributed by atoms with E-state index in [1.807, 2.05) is 0 Å². The number of likely N-dealkylation sites (tertiary alicyclic amines) is 1. The van der Waals surface area contributed by atoms with Gasteiger partial charge >= 0.3 is 0 Å². The summed E-state index contributed by atoms with van der Waals surface area (Å²) in [4.78, 5) is 1.66. The molecule has 0 amide bonds. The fraction of sp³-hybridized carbons (Fsp3) is 0.933. The average Bonchev–Trinajstić information content (AvgIpc) is 2.89. The van der Waals surface area contributed by atoms with Crippen LogP contribution in [0.5, 0.6) is 0 Å². The summed E-state index contributed by atoms with van der Waals surface area (Å²) in [7, 11) is 0. The molecule has 0 saturated carbocycles. The van der Waals surface area contributed by atoms with Gasteiger partial charge < -0.3 is 4.90 Å². The highest BCUT2D eigenvalue weighted by atomic mass is 15.6. The smallest absolute Gasteiger partial charge is 0.210 e. The molecule has 1 N–H and O–H groups in total. The van der Waals surface area contributed by atoms with Gasteiger partial charge in [0.2, 0.25) is 5.82 Å². The molecule has 0 spiro atoms. The van der Waals surface area contributed by atoms with E-state index in [0.717, 1.165) is 12.2 Å². The number of rotatable bonds is 5. The van der Waals surface area contributed by atoms with Gasteiger partial charge in [-0.25, -0.2) is 4.68 Å². The van der Waals surface area contributed by atoms with Crippen LogP contribution >= 0.6 is 0 Å². The van der Waals surface area contributed by atoms with Crippen molar-refractivity contribution in [3.05, 3.63) is 5.82 Å². The number of piperidine rings is 1. The van der Waals surface area contributed by atoms with Gasteiger partial charge in [-0.05, 0) is 50.0 Å². The predicted octanol–water partition coefficient (Wildman–Crippen LogP) is 1.58. The fourth-order valence-corrected chi connectivity index (χ4v) is 3.24. The second-order valence-electron chi connectivity index (χ2n) is 7.06. The van der Waals surface area contributed by atoms with Gasteiger partial charge in [-0.1, -0.05) is 20.8 Å². The zero-order valence-corrected chi connectivity index (χ0v) is 13.7. The first kappa shape index (κ1) is 15.4. The van der Waals surface area contributed by atoms with Crippen LogP contribution in [-0.2, 0) is 5.54 Å². The molecule has 1 saturated heterocycles. The van der Waals surface area contributed by atoms with Crippen LogP contribution in [0.4, 0.5) is 0 Å². The third kappa shape index (κ3) is 3.03. The van der Waals surface area contributed by atoms with E-state index >= 15 is 0 Å². The molecule has 114 valence electrons. The van der Waals surface area contributed by atoms with Crippen LogP contribution in [0.1, 0.15) is 72.2 Å². The standard InChI is InChI=1S/C15H29N5/c1-6-15(4,5)20-14(16-17-18-20)13(12(2)3)19-10-8-7-9-11-19/h12-13H,6-11H2,1-5H3/p+1/t13-/m0/s1. The maximum atomic E-state index is 4.41. The molecule has 1 fully saturated rings. The SMILES string of the molecule is CCC(C)(C)n1nnnc1[C@H](C(C)C)[NH+]1CCCCC1. The second kappa shape index (κ2) is 6.20. The molecule has 1 atom stereocenters. The number of aromatic nitrogens is 4. The lowest BCUT2D eigenvalue weighted by Gasteiger charge is -2.34. The van der Waals surface area contributed by atoms with E-state index in [-0.39, 0.29) is 5.54 Å². The summed E-state index contributed by atoms with van der Waals surface area (Å²) < 4.78 is 2.07. The maximum absolute atomic E-state index is 4.41. The lowest BCUT2D eigenvalue weighted by Crippen LogP contribution is -3.13. The van der Waals surface area contributed by atoms with E-state index in [4.69, 9.17) is 0 Å². The molecule has 2 heterocycles. The molecule has 5 heteroatoms. The van der Waals surface area contributed by atoms with Gasteiger partial charge in [0.05, 0.1) is 18.6 Å². The Kier molecular flexibility index (Phi) is 4.78. The number of hydrogen-bond donors (Lipinski definition) is 1. The van der Waals surface area contributed by atoms with E-state index < -0.39 is 0 Å². The first-order valence-corrected chi connectivity index (χ1v) is 8.10. The average molecular weight is 280 g/mol. The summed E-state index contributed by atoms with van der Waals surface area (Å²) in [5.74, 6) is 1.63. The van der Waals surface area contributed by atoms with Crippen molar-refractivity contribution in [3.8, 4) is 0 Å². The first-order valence-electron chi connectivity index (χ1n) is 8.10. The van der Waals surface area contributed by atoms with Crippen LogP contribution in [0.15, 0.2) is 0 Å². The molecule has 1 aliphatic heterocycles. The van der Waals surface area contributed by atoms with Crippen LogP contribution in [0, 0.1) is 5.92 Å². The summed E-state index contributed by atoms with van der Waals surface area (Å²) in [6.07, 6.45) is 5.07. The van der Waals surface area contributed by atoms with Crippen LogP contribution in [0.2, 0.25) is 0 Å². The predicted molar refractivity (Wildman–Crippen MR) is 79.6 cm³/mol. The first-order chi connectivity index (χ1) is 9.47. The molecular formula is C15H30N5+. The van der Waals surface area contributed by atoms with E-state index in [0.29, 0.717) is 12.0 Å². The number of nitrogens with zero attached hydrogens (tertiary/aromatic N) is 4. The number of nitrogens with one attached hydrogen (secondary N) is 1. The van der Waals surface area contributed by atoms with Crippen molar-refractivity contribution >= 4 is 0 Å². The Morgan fingerprint density at radius 1 is 1.20 bits per heavy atom. The third-order valence-electron chi connectivity index (χ3n) is 4.81. The van der Waals surface area contributed by atoms with Gasteiger partial charge in [0, 0.05) is 5.92 Å². The third-order valence-corrected chi connectivity index (χ3v) is 4.81. The fourth-order valence-electron chi connectivity index (χ4n) is 3.24. The molecule has 0 radical (unpaired) electrons. The lowest BCUT2D eigenvalue weighted by molar-refractivity contribution is -0.940. The van der Waals surface area contributed by atoms with Crippen LogP contribution < -0.4 is 4.90 Å². The quantitative estimate of drug-likeness (QED) is 0.891. The highest BCUT2D eigenvalue weighted by Gasteiger charge is 2.36. The Morgan fingerprint density at radius 3 is 2.40 bits per heavy atom. The summed E-state index contributed by atoms with van der Waals surface area (Å²) >= 11 is 0. The van der Waals surface area contributed by atoms with Gasteiger partial charge in [-0.15, -0.1) is 5.10 Å². The Hall–Kier alpha value is -0.970. The Bertz CT molecular complexity index is 418. The molecule has 1 aromatic heterocycles. The minimum absolute atomic E-state index is 0.0127. The number of quaternary nitrogens is 1. The van der Waals surface area contributed by atoms with Crippen molar-refractivity contribution in [2.75, 3.05) is 13.1 Å². The molecule has 5 nitrogen and oxygen atoms in total. The van der Waals surface area contributed by atoms with Gasteiger partial charge in [0.25, 0.3) is 0 Å². The van der Waals surface area contributed by atoms with Crippen LogP contribution in [0.25, 0.3) is 0 Å². The van der Waals surface area contributed by atoms with Crippen molar-refractivity contribution < 1.29 is 4.90 Å². The van der Waals surface area contributed by atoms with Gasteiger partial charge in [-0.2, -0.15) is 0 Å². The van der Waals surface area contributed by atoms with Gasteiger partial charge in [-0.3, -0.25) is 0 Å². The van der Waals surface area contributed by atoms with Crippen molar-refractivity contribution in [1.82, 2.24) is 20.2 Å². The van der Waals surface area contributed by atoms with Gasteiger partial charge in [0.15, 0.2) is 6.04 Å². The number of tetrazole rings is 1. The van der Waals surface area contributed by atoms with E-state index in [1.165, 1.54) is 32.4 Å². The lowest BCUT2D eigenvalue weighted by atomic mass is 9.96. The number of hydrogen-bond acceptors (Lipinski definition) is 3. The van der Waals surface area contributed by atoms with Crippen molar-refractivity contribution in [2.24, 2.45) is 5.92 Å². The van der Waals surface area contributed by atoms with Crippen LogP contribution in [-0.4, -0.2) is 33.3 Å². The molecule has 20 heavy (non-hydrogen) atoms. The molecule has 0 bridgehead atoms. The monoisotopic (exact) mass is 280 g/mol. The minimum atomic E-state index is -0.0127. The Balaban J connectivity index is 2.33. The highest BCUT2D eigenvalue weighted by Crippen LogP contribution is 2.24. The Labute approximate surface area is 122 Å². The summed E-state index contributed by atoms with van der Waals surface area (Å²) in [5.41, 5.74) is -0.0127. The zero-order chi connectivity index (χ0) is 14.8. The zero-order valence-electron chi connectivity index (χ0n) is 13.7. The van der Waals surface area contributed by atoms with E-state index in [2.05, 4.69) is 54.8 Å². The molecule has 0 aliphatic carbocycles. The van der Waals surface area contributed by atoms with E-state index in [9.17, 15) is 0 Å². The van der Waals surface area contributed by atoms with Gasteiger partial charge in [0.1, 0.15) is 0 Å². The largest absolute Gasteiger partial charge is 0.326 e. The summed E-state index contributed by atoms with van der Waals surface area (Å²) in [6, 6.07) is 0.413.